The summed E-state index contributed by atoms with van der Waals surface area (Å²) < 4.78 is 15.9. The second-order valence-corrected chi connectivity index (χ2v) is 5.47. The Balaban J connectivity index is 2.29. The van der Waals surface area contributed by atoms with Crippen molar-refractivity contribution in [3.05, 3.63) is 65.5 Å². The van der Waals surface area contributed by atoms with Crippen molar-refractivity contribution in [3.63, 3.8) is 0 Å². The smallest absolute Gasteiger partial charge is 0.158 e. The topological polar surface area (TPSA) is 90.9 Å². The minimum Gasteiger partial charge on any atom is -0.384 e. The Kier molecular flexibility index (Phi) is 3.13. The molecule has 0 bridgehead atoms. The number of nitriles is 2. The molecule has 2 heterocycles. The molecule has 0 saturated heterocycles. The zero-order valence-corrected chi connectivity index (χ0v) is 12.9. The minimum atomic E-state index is -0.532. The third-order valence-electron chi connectivity index (χ3n) is 4.15. The van der Waals surface area contributed by atoms with Crippen LogP contribution in [-0.2, 0) is 0 Å². The lowest BCUT2D eigenvalue weighted by Gasteiger charge is -2.13. The second kappa shape index (κ2) is 5.33. The fourth-order valence-corrected chi connectivity index (χ4v) is 3.07. The maximum Gasteiger partial charge on any atom is 0.158 e. The van der Waals surface area contributed by atoms with Crippen molar-refractivity contribution in [1.29, 1.82) is 10.5 Å². The number of nitrogens with two attached hydrogens (primary N) is 1. The van der Waals surface area contributed by atoms with Crippen LogP contribution in [0.4, 0.5) is 10.2 Å². The number of nitrogen functional groups attached to an aromatic ring is 1. The van der Waals surface area contributed by atoms with Crippen molar-refractivity contribution in [2.45, 2.75) is 0 Å². The fraction of sp³-hybridized carbons (Fsp3) is 0. The molecule has 0 atom stereocenters. The van der Waals surface area contributed by atoms with Gasteiger partial charge in [0.2, 0.25) is 0 Å². The van der Waals surface area contributed by atoms with Crippen LogP contribution in [0.15, 0.2) is 48.5 Å². The van der Waals surface area contributed by atoms with Crippen LogP contribution in [0.2, 0.25) is 0 Å². The number of anilines is 1. The number of nitrogens with zero attached hydrogens (tertiary/aromatic N) is 4. The average molecular weight is 327 g/mol. The normalized spacial score (nSPS) is 10.7. The van der Waals surface area contributed by atoms with Gasteiger partial charge in [-0.3, -0.25) is 4.40 Å². The summed E-state index contributed by atoms with van der Waals surface area (Å²) >= 11 is 0. The van der Waals surface area contributed by atoms with Gasteiger partial charge in [-0.25, -0.2) is 9.37 Å². The maximum atomic E-state index is 14.4. The lowest BCUT2D eigenvalue weighted by Crippen LogP contribution is -2.06. The molecule has 4 aromatic rings. The monoisotopic (exact) mass is 327 g/mol. The van der Waals surface area contributed by atoms with E-state index < -0.39 is 5.82 Å². The molecule has 5 nitrogen and oxygen atoms in total. The molecule has 0 aliphatic rings. The Labute approximate surface area is 142 Å². The fourth-order valence-electron chi connectivity index (χ4n) is 3.07. The lowest BCUT2D eigenvalue weighted by atomic mass is 9.96. The Morgan fingerprint density at radius 3 is 2.36 bits per heavy atom. The summed E-state index contributed by atoms with van der Waals surface area (Å²) in [6.07, 6.45) is 0. The summed E-state index contributed by atoms with van der Waals surface area (Å²) in [5.41, 5.74) is 8.34. The molecular weight excluding hydrogens is 317 g/mol. The number of aromatic nitrogens is 2. The maximum absolute atomic E-state index is 14.4. The standard InChI is InChI=1S/C19H10FN5/c20-14-6-2-1-5-11(14)17-12(9-21)18(23)25-16-8-4-3-7-15(16)24-19(25)13(17)10-22/h1-8H,23H2. The van der Waals surface area contributed by atoms with Crippen LogP contribution < -0.4 is 5.73 Å². The predicted octanol–water partition coefficient (Wildman–Crippen LogP) is 3.62. The van der Waals surface area contributed by atoms with Gasteiger partial charge in [-0.15, -0.1) is 0 Å². The SMILES string of the molecule is N#Cc1c(-c2ccccc2F)c(C#N)c2nc3ccccc3n2c1N. The molecule has 0 unspecified atom stereocenters. The molecule has 0 fully saturated rings. The molecule has 2 aromatic carbocycles. The molecule has 0 aliphatic carbocycles. The highest BCUT2D eigenvalue weighted by Gasteiger charge is 2.24. The minimum absolute atomic E-state index is 0.0531. The van der Waals surface area contributed by atoms with Crippen LogP contribution in [0.3, 0.4) is 0 Å². The highest BCUT2D eigenvalue weighted by atomic mass is 19.1. The zero-order chi connectivity index (χ0) is 17.6. The molecule has 0 saturated carbocycles. The van der Waals surface area contributed by atoms with E-state index in [1.165, 1.54) is 12.1 Å². The third-order valence-corrected chi connectivity index (χ3v) is 4.15. The second-order valence-electron chi connectivity index (χ2n) is 5.47. The van der Waals surface area contributed by atoms with Crippen molar-refractivity contribution in [2.75, 3.05) is 5.73 Å². The van der Waals surface area contributed by atoms with E-state index in [1.54, 1.807) is 28.7 Å². The molecule has 0 aliphatic heterocycles. The van der Waals surface area contributed by atoms with Crippen molar-refractivity contribution in [1.82, 2.24) is 9.38 Å². The largest absolute Gasteiger partial charge is 0.384 e. The van der Waals surface area contributed by atoms with Crippen LogP contribution in [0.1, 0.15) is 11.1 Å². The first-order valence-electron chi connectivity index (χ1n) is 7.45. The van der Waals surface area contributed by atoms with Gasteiger partial charge in [0.25, 0.3) is 0 Å². The Bertz CT molecular complexity index is 1240. The van der Waals surface area contributed by atoms with E-state index in [1.807, 2.05) is 18.2 Å². The van der Waals surface area contributed by atoms with Gasteiger partial charge in [-0.05, 0) is 18.2 Å². The number of rotatable bonds is 1. The number of halogens is 1. The van der Waals surface area contributed by atoms with E-state index in [0.29, 0.717) is 16.7 Å². The Hall–Kier alpha value is -3.90. The molecular formula is C19H10FN5. The van der Waals surface area contributed by atoms with E-state index in [2.05, 4.69) is 11.1 Å². The lowest BCUT2D eigenvalue weighted by molar-refractivity contribution is 0.631. The summed E-state index contributed by atoms with van der Waals surface area (Å²) in [6.45, 7) is 0. The van der Waals surface area contributed by atoms with E-state index in [-0.39, 0.29) is 28.1 Å². The summed E-state index contributed by atoms with van der Waals surface area (Å²) in [5, 5.41) is 19.4. The van der Waals surface area contributed by atoms with Gasteiger partial charge in [-0.2, -0.15) is 10.5 Å². The highest BCUT2D eigenvalue weighted by Crippen LogP contribution is 2.36. The first kappa shape index (κ1) is 14.7. The van der Waals surface area contributed by atoms with Gasteiger partial charge in [0.05, 0.1) is 11.0 Å². The van der Waals surface area contributed by atoms with Gasteiger partial charge >= 0.3 is 0 Å². The van der Waals surface area contributed by atoms with Gasteiger partial charge in [0.1, 0.15) is 34.9 Å². The summed E-state index contributed by atoms with van der Waals surface area (Å²) in [4.78, 5) is 4.47. The molecule has 4 rings (SSSR count). The highest BCUT2D eigenvalue weighted by molar-refractivity contribution is 5.92. The van der Waals surface area contributed by atoms with Gasteiger partial charge in [0, 0.05) is 11.1 Å². The number of pyridine rings is 1. The number of fused-ring (bicyclic) bond motifs is 3. The van der Waals surface area contributed by atoms with Gasteiger partial charge in [-0.1, -0.05) is 30.3 Å². The van der Waals surface area contributed by atoms with Crippen molar-refractivity contribution >= 4 is 22.5 Å². The Morgan fingerprint density at radius 2 is 1.64 bits per heavy atom. The molecule has 6 heteroatoms. The zero-order valence-electron chi connectivity index (χ0n) is 12.9. The molecule has 118 valence electrons. The third kappa shape index (κ3) is 1.95. The average Bonchev–Trinajstić information content (AvgIpc) is 3.01. The van der Waals surface area contributed by atoms with Gasteiger partial charge in [0.15, 0.2) is 5.65 Å². The summed E-state index contributed by atoms with van der Waals surface area (Å²) in [5.74, 6) is -0.404. The molecule has 2 N–H and O–H groups in total. The van der Waals surface area contributed by atoms with E-state index in [0.717, 1.165) is 0 Å². The first-order valence-corrected chi connectivity index (χ1v) is 7.45. The summed E-state index contributed by atoms with van der Waals surface area (Å²) in [7, 11) is 0. The predicted molar refractivity (Wildman–Crippen MR) is 91.9 cm³/mol. The van der Waals surface area contributed by atoms with Crippen LogP contribution in [0, 0.1) is 28.5 Å². The van der Waals surface area contributed by atoms with Crippen LogP contribution in [-0.4, -0.2) is 9.38 Å². The van der Waals surface area contributed by atoms with E-state index >= 15 is 0 Å². The van der Waals surface area contributed by atoms with Crippen molar-refractivity contribution < 1.29 is 4.39 Å². The molecule has 0 radical (unpaired) electrons. The van der Waals surface area contributed by atoms with Crippen molar-refractivity contribution in [3.8, 4) is 23.3 Å². The van der Waals surface area contributed by atoms with Crippen LogP contribution in [0.25, 0.3) is 27.8 Å². The number of para-hydroxylation sites is 2. The Morgan fingerprint density at radius 1 is 0.960 bits per heavy atom. The summed E-state index contributed by atoms with van der Waals surface area (Å²) in [6, 6.07) is 17.3. The number of benzene rings is 2. The number of imidazole rings is 1. The first-order chi connectivity index (χ1) is 12.2. The molecule has 25 heavy (non-hydrogen) atoms. The quantitative estimate of drug-likeness (QED) is 0.578. The van der Waals surface area contributed by atoms with E-state index in [9.17, 15) is 14.9 Å². The number of hydrogen-bond donors (Lipinski definition) is 1. The molecule has 0 spiro atoms. The van der Waals surface area contributed by atoms with Crippen LogP contribution in [0.5, 0.6) is 0 Å². The van der Waals surface area contributed by atoms with Crippen molar-refractivity contribution in [2.24, 2.45) is 0 Å². The van der Waals surface area contributed by atoms with E-state index in [4.69, 9.17) is 5.73 Å². The molecule has 0 amide bonds. The van der Waals surface area contributed by atoms with Gasteiger partial charge < -0.3 is 5.73 Å². The molecule has 2 aromatic heterocycles. The number of hydrogen-bond acceptors (Lipinski definition) is 4. The van der Waals surface area contributed by atoms with Crippen LogP contribution >= 0.6 is 0 Å².